The van der Waals surface area contributed by atoms with E-state index in [9.17, 15) is 14.4 Å². The van der Waals surface area contributed by atoms with Crippen molar-refractivity contribution in [2.45, 2.75) is 32.7 Å². The van der Waals surface area contributed by atoms with Crippen molar-refractivity contribution in [1.82, 2.24) is 4.90 Å². The van der Waals surface area contributed by atoms with Gasteiger partial charge in [-0.2, -0.15) is 0 Å². The largest absolute Gasteiger partial charge is 0.446 e. The predicted octanol–water partition coefficient (Wildman–Crippen LogP) is 2.63. The monoisotopic (exact) mass is 289 g/mol. The van der Waals surface area contributed by atoms with Crippen molar-refractivity contribution in [1.29, 1.82) is 0 Å². The summed E-state index contributed by atoms with van der Waals surface area (Å²) >= 11 is 0. The van der Waals surface area contributed by atoms with Crippen LogP contribution in [0.5, 0.6) is 0 Å². The van der Waals surface area contributed by atoms with Gasteiger partial charge < -0.3 is 9.53 Å². The molecule has 1 heterocycles. The zero-order valence-corrected chi connectivity index (χ0v) is 12.2. The normalized spacial score (nSPS) is 19.2. The molecule has 5 heteroatoms. The summed E-state index contributed by atoms with van der Waals surface area (Å²) in [5.74, 6) is -1.26. The molecule has 21 heavy (non-hydrogen) atoms. The highest BCUT2D eigenvalue weighted by molar-refractivity contribution is 6.01. The van der Waals surface area contributed by atoms with Crippen LogP contribution in [0.4, 0.5) is 4.79 Å². The van der Waals surface area contributed by atoms with Crippen LogP contribution in [-0.4, -0.2) is 29.8 Å². The van der Waals surface area contributed by atoms with E-state index >= 15 is 0 Å². The molecule has 0 bridgehead atoms. The average Bonchev–Trinajstić information content (AvgIpc) is 2.86. The van der Waals surface area contributed by atoms with Gasteiger partial charge in [-0.1, -0.05) is 43.2 Å². The van der Waals surface area contributed by atoms with Crippen LogP contribution in [0.1, 0.15) is 36.9 Å². The molecule has 1 aromatic rings. The third-order valence-corrected chi connectivity index (χ3v) is 3.65. The van der Waals surface area contributed by atoms with Gasteiger partial charge in [0.05, 0.1) is 5.92 Å². The lowest BCUT2D eigenvalue weighted by Crippen LogP contribution is -2.39. The second-order valence-corrected chi connectivity index (χ2v) is 5.24. The van der Waals surface area contributed by atoms with Crippen molar-refractivity contribution >= 4 is 18.3 Å². The Morgan fingerprint density at radius 2 is 2.10 bits per heavy atom. The molecule has 112 valence electrons. The second kappa shape index (κ2) is 6.52. The number of rotatable bonds is 5. The van der Waals surface area contributed by atoms with Gasteiger partial charge in [0.2, 0.25) is 5.91 Å². The predicted molar refractivity (Wildman–Crippen MR) is 76.6 cm³/mol. The molecule has 1 unspecified atom stereocenters. The third kappa shape index (κ3) is 3.12. The molecule has 2 rings (SSSR count). The van der Waals surface area contributed by atoms with Gasteiger partial charge in [-0.15, -0.1) is 0 Å². The van der Waals surface area contributed by atoms with Gasteiger partial charge in [0.25, 0.3) is 0 Å². The highest BCUT2D eigenvalue weighted by Gasteiger charge is 2.41. The molecule has 1 saturated heterocycles. The van der Waals surface area contributed by atoms with Crippen LogP contribution in [-0.2, 0) is 14.3 Å². The Kier molecular flexibility index (Phi) is 4.73. The Hall–Kier alpha value is -2.17. The van der Waals surface area contributed by atoms with E-state index < -0.39 is 24.0 Å². The lowest BCUT2D eigenvalue weighted by Gasteiger charge is -2.22. The summed E-state index contributed by atoms with van der Waals surface area (Å²) in [7, 11) is 0. The van der Waals surface area contributed by atoms with E-state index in [-0.39, 0.29) is 6.61 Å². The van der Waals surface area contributed by atoms with Crippen molar-refractivity contribution in [2.24, 2.45) is 5.92 Å². The number of aryl methyl sites for hydroxylation is 1. The van der Waals surface area contributed by atoms with E-state index in [0.717, 1.165) is 16.0 Å². The van der Waals surface area contributed by atoms with Crippen LogP contribution in [0.25, 0.3) is 0 Å². The number of cyclic esters (lactones) is 1. The number of ether oxygens (including phenoxy) is 1. The van der Waals surface area contributed by atoms with Crippen molar-refractivity contribution < 1.29 is 19.1 Å². The number of hydrogen-bond donors (Lipinski definition) is 0. The van der Waals surface area contributed by atoms with Crippen LogP contribution in [0.3, 0.4) is 0 Å². The van der Waals surface area contributed by atoms with E-state index in [1.807, 2.05) is 38.1 Å². The first kappa shape index (κ1) is 15.2. The minimum Gasteiger partial charge on any atom is -0.446 e. The molecular formula is C16H19NO4. The molecule has 1 aromatic carbocycles. The van der Waals surface area contributed by atoms with Crippen molar-refractivity contribution in [2.75, 3.05) is 6.61 Å². The molecule has 0 aromatic heterocycles. The van der Waals surface area contributed by atoms with E-state index in [1.54, 1.807) is 0 Å². The maximum Gasteiger partial charge on any atom is 0.417 e. The van der Waals surface area contributed by atoms with E-state index in [0.29, 0.717) is 19.1 Å². The number of benzene rings is 1. The zero-order valence-electron chi connectivity index (χ0n) is 12.2. The highest BCUT2D eigenvalue weighted by Crippen LogP contribution is 2.29. The first-order chi connectivity index (χ1) is 10.1. The zero-order chi connectivity index (χ0) is 15.4. The topological polar surface area (TPSA) is 63.7 Å². The number of aldehydes is 1. The Morgan fingerprint density at radius 3 is 2.67 bits per heavy atom. The second-order valence-electron chi connectivity index (χ2n) is 5.24. The number of carbonyl (C=O) groups is 3. The first-order valence-corrected chi connectivity index (χ1v) is 7.10. The van der Waals surface area contributed by atoms with Crippen molar-refractivity contribution in [3.63, 3.8) is 0 Å². The summed E-state index contributed by atoms with van der Waals surface area (Å²) < 4.78 is 5.01. The molecule has 0 saturated carbocycles. The maximum absolute atomic E-state index is 12.4. The van der Waals surface area contributed by atoms with Gasteiger partial charge in [-0.05, 0) is 18.9 Å². The summed E-state index contributed by atoms with van der Waals surface area (Å²) in [6.45, 7) is 3.99. The maximum atomic E-state index is 12.4. The van der Waals surface area contributed by atoms with Gasteiger partial charge in [0, 0.05) is 0 Å². The quantitative estimate of drug-likeness (QED) is 0.617. The molecule has 1 aliphatic heterocycles. The lowest BCUT2D eigenvalue weighted by molar-refractivity contribution is -0.136. The third-order valence-electron chi connectivity index (χ3n) is 3.65. The van der Waals surface area contributed by atoms with Crippen LogP contribution in [0.15, 0.2) is 24.3 Å². The van der Waals surface area contributed by atoms with Crippen LogP contribution < -0.4 is 0 Å². The molecular weight excluding hydrogens is 270 g/mol. The Bertz CT molecular complexity index is 538. The number of nitrogens with zero attached hydrogens (tertiary/aromatic N) is 1. The Balaban J connectivity index is 2.26. The average molecular weight is 289 g/mol. The smallest absolute Gasteiger partial charge is 0.417 e. The molecule has 0 spiro atoms. The summed E-state index contributed by atoms with van der Waals surface area (Å²) in [5.41, 5.74) is 1.93. The number of imide groups is 1. The molecule has 5 nitrogen and oxygen atoms in total. The van der Waals surface area contributed by atoms with E-state index in [4.69, 9.17) is 4.74 Å². The Morgan fingerprint density at radius 1 is 1.43 bits per heavy atom. The van der Waals surface area contributed by atoms with Gasteiger partial charge >= 0.3 is 6.09 Å². The lowest BCUT2D eigenvalue weighted by atomic mass is 10.0. The van der Waals surface area contributed by atoms with Gasteiger partial charge in [-0.3, -0.25) is 4.79 Å². The van der Waals surface area contributed by atoms with Gasteiger partial charge in [-0.25, -0.2) is 9.69 Å². The first-order valence-electron chi connectivity index (χ1n) is 7.10. The molecule has 1 fully saturated rings. The summed E-state index contributed by atoms with van der Waals surface area (Å²) in [4.78, 5) is 36.5. The molecule has 0 aliphatic carbocycles. The summed E-state index contributed by atoms with van der Waals surface area (Å²) in [6, 6.07) is 7.13. The fourth-order valence-electron chi connectivity index (χ4n) is 2.44. The Labute approximate surface area is 123 Å². The fourth-order valence-corrected chi connectivity index (χ4v) is 2.44. The highest BCUT2D eigenvalue weighted by atomic mass is 16.6. The molecule has 0 radical (unpaired) electrons. The van der Waals surface area contributed by atoms with E-state index in [2.05, 4.69) is 0 Å². The van der Waals surface area contributed by atoms with Gasteiger partial charge in [0.1, 0.15) is 18.9 Å². The minimum absolute atomic E-state index is 0.130. The molecule has 2 amide bonds. The fraction of sp³-hybridized carbons (Fsp3) is 0.438. The number of amides is 2. The number of hydrogen-bond acceptors (Lipinski definition) is 4. The molecule has 1 aliphatic rings. The molecule has 2 atom stereocenters. The molecule has 0 N–H and O–H groups in total. The van der Waals surface area contributed by atoms with Crippen LogP contribution in [0, 0.1) is 12.8 Å². The SMILES string of the molecule is CCC[C@@H](C=O)C(=O)N1C(=O)OCC1c1ccc(C)cc1. The van der Waals surface area contributed by atoms with E-state index in [1.165, 1.54) is 0 Å². The minimum atomic E-state index is -0.784. The summed E-state index contributed by atoms with van der Waals surface area (Å²) in [5, 5.41) is 0. The van der Waals surface area contributed by atoms with Crippen LogP contribution >= 0.6 is 0 Å². The standard InChI is InChI=1S/C16H19NO4/c1-3-4-13(9-18)15(19)17-14(10-21-16(17)20)12-7-5-11(2)6-8-12/h5-9,13-14H,3-4,10H2,1-2H3/t13-,14?/m0/s1. The van der Waals surface area contributed by atoms with Crippen molar-refractivity contribution in [3.05, 3.63) is 35.4 Å². The van der Waals surface area contributed by atoms with Crippen LogP contribution in [0.2, 0.25) is 0 Å². The number of carbonyl (C=O) groups excluding carboxylic acids is 3. The van der Waals surface area contributed by atoms with Crippen molar-refractivity contribution in [3.8, 4) is 0 Å². The summed E-state index contributed by atoms with van der Waals surface area (Å²) in [6.07, 6.45) is 1.08. The van der Waals surface area contributed by atoms with Gasteiger partial charge in [0.15, 0.2) is 0 Å².